The van der Waals surface area contributed by atoms with Crippen molar-refractivity contribution in [2.45, 2.75) is 12.5 Å². The number of aliphatic hydroxyl groups is 1. The zero-order valence-electron chi connectivity index (χ0n) is 7.47. The Hall–Kier alpha value is -1.29. The van der Waals surface area contributed by atoms with Gasteiger partial charge in [-0.3, -0.25) is 4.68 Å². The third-order valence-corrected chi connectivity index (χ3v) is 2.02. The van der Waals surface area contributed by atoms with E-state index in [1.165, 1.54) is 0 Å². The maximum atomic E-state index is 9.76. The number of rotatable bonds is 2. The van der Waals surface area contributed by atoms with Crippen molar-refractivity contribution in [1.82, 2.24) is 9.78 Å². The highest BCUT2D eigenvalue weighted by Gasteiger charge is 2.19. The molecule has 0 fully saturated rings. The number of hydrogen-bond donors (Lipinski definition) is 1. The minimum absolute atomic E-state index is 0.624. The van der Waals surface area contributed by atoms with E-state index in [9.17, 15) is 5.11 Å². The maximum absolute atomic E-state index is 9.76. The molecule has 0 saturated heterocycles. The van der Waals surface area contributed by atoms with Gasteiger partial charge in [-0.05, 0) is 12.1 Å². The molecule has 4 nitrogen and oxygen atoms in total. The second kappa shape index (κ2) is 3.22. The first-order chi connectivity index (χ1) is 6.27. The summed E-state index contributed by atoms with van der Waals surface area (Å²) < 4.78 is 6.90. The lowest BCUT2D eigenvalue weighted by molar-refractivity contribution is 0.115. The summed E-state index contributed by atoms with van der Waals surface area (Å²) in [6.07, 6.45) is 3.87. The van der Waals surface area contributed by atoms with Crippen molar-refractivity contribution in [2.24, 2.45) is 7.05 Å². The van der Waals surface area contributed by atoms with Crippen molar-refractivity contribution in [2.75, 3.05) is 6.61 Å². The first-order valence-corrected chi connectivity index (χ1v) is 4.28. The molecule has 70 valence electrons. The number of nitrogens with zero attached hydrogens (tertiary/aromatic N) is 2. The largest absolute Gasteiger partial charge is 0.495 e. The van der Waals surface area contributed by atoms with Crippen LogP contribution in [-0.2, 0) is 11.8 Å². The van der Waals surface area contributed by atoms with Crippen LogP contribution in [0.2, 0.25) is 0 Å². The molecule has 0 saturated carbocycles. The van der Waals surface area contributed by atoms with Crippen LogP contribution in [0.25, 0.3) is 0 Å². The highest BCUT2D eigenvalue weighted by atomic mass is 16.5. The summed E-state index contributed by atoms with van der Waals surface area (Å²) in [5.74, 6) is 0.624. The molecule has 2 heterocycles. The standard InChI is InChI=1S/C9H12N2O2/c1-11-5-4-7(10-11)9(12)8-3-2-6-13-8/h3-5,9,12H,2,6H2,1H3. The van der Waals surface area contributed by atoms with Gasteiger partial charge in [0.25, 0.3) is 0 Å². The monoisotopic (exact) mass is 180 g/mol. The molecule has 4 heteroatoms. The molecule has 0 spiro atoms. The van der Waals surface area contributed by atoms with Gasteiger partial charge >= 0.3 is 0 Å². The molecule has 0 aromatic carbocycles. The molecule has 0 amide bonds. The molecule has 13 heavy (non-hydrogen) atoms. The lowest BCUT2D eigenvalue weighted by atomic mass is 10.2. The summed E-state index contributed by atoms with van der Waals surface area (Å²) in [5, 5.41) is 13.9. The number of hydrogen-bond acceptors (Lipinski definition) is 3. The molecule has 1 aromatic heterocycles. The van der Waals surface area contributed by atoms with Crippen LogP contribution in [0.1, 0.15) is 18.2 Å². The van der Waals surface area contributed by atoms with Gasteiger partial charge in [0.1, 0.15) is 5.76 Å². The van der Waals surface area contributed by atoms with Gasteiger partial charge in [-0.2, -0.15) is 5.10 Å². The van der Waals surface area contributed by atoms with Crippen LogP contribution in [-0.4, -0.2) is 21.5 Å². The van der Waals surface area contributed by atoms with Gasteiger partial charge in [0.15, 0.2) is 6.10 Å². The Morgan fingerprint density at radius 2 is 2.54 bits per heavy atom. The zero-order valence-corrected chi connectivity index (χ0v) is 7.47. The Morgan fingerprint density at radius 1 is 1.69 bits per heavy atom. The predicted octanol–water partition coefficient (Wildman–Crippen LogP) is 0.758. The lowest BCUT2D eigenvalue weighted by Gasteiger charge is -2.08. The van der Waals surface area contributed by atoms with E-state index in [1.807, 2.05) is 13.1 Å². The third kappa shape index (κ3) is 1.58. The molecule has 1 aliphatic rings. The Kier molecular flexibility index (Phi) is 2.06. The van der Waals surface area contributed by atoms with E-state index in [2.05, 4.69) is 5.10 Å². The second-order valence-corrected chi connectivity index (χ2v) is 3.06. The van der Waals surface area contributed by atoms with E-state index in [0.29, 0.717) is 18.1 Å². The summed E-state index contributed by atoms with van der Waals surface area (Å²) in [6, 6.07) is 1.78. The minimum atomic E-state index is -0.705. The molecular formula is C9H12N2O2. The SMILES string of the molecule is Cn1ccc(C(O)C2=CCCO2)n1. The van der Waals surface area contributed by atoms with Crippen molar-refractivity contribution < 1.29 is 9.84 Å². The van der Waals surface area contributed by atoms with Crippen LogP contribution >= 0.6 is 0 Å². The second-order valence-electron chi connectivity index (χ2n) is 3.06. The van der Waals surface area contributed by atoms with Gasteiger partial charge in [0.05, 0.1) is 12.3 Å². The molecule has 1 aliphatic heterocycles. The van der Waals surface area contributed by atoms with Gasteiger partial charge in [0, 0.05) is 19.7 Å². The van der Waals surface area contributed by atoms with Gasteiger partial charge < -0.3 is 9.84 Å². The number of aliphatic hydroxyl groups excluding tert-OH is 1. The zero-order chi connectivity index (χ0) is 9.26. The molecule has 0 bridgehead atoms. The molecule has 2 rings (SSSR count). The molecular weight excluding hydrogens is 168 g/mol. The Morgan fingerprint density at radius 3 is 3.08 bits per heavy atom. The van der Waals surface area contributed by atoms with Crippen molar-refractivity contribution in [3.63, 3.8) is 0 Å². The fourth-order valence-electron chi connectivity index (χ4n) is 1.35. The van der Waals surface area contributed by atoms with E-state index in [4.69, 9.17) is 4.74 Å². The van der Waals surface area contributed by atoms with Crippen molar-refractivity contribution in [3.05, 3.63) is 29.8 Å². The Balaban J connectivity index is 2.16. The van der Waals surface area contributed by atoms with Crippen LogP contribution in [0.15, 0.2) is 24.1 Å². The van der Waals surface area contributed by atoms with Crippen LogP contribution in [0.5, 0.6) is 0 Å². The van der Waals surface area contributed by atoms with Gasteiger partial charge in [-0.15, -0.1) is 0 Å². The van der Waals surface area contributed by atoms with Gasteiger partial charge in [-0.25, -0.2) is 0 Å². The third-order valence-electron chi connectivity index (χ3n) is 2.02. The summed E-state index contributed by atoms with van der Waals surface area (Å²) >= 11 is 0. The summed E-state index contributed by atoms with van der Waals surface area (Å²) in [7, 11) is 1.82. The quantitative estimate of drug-likeness (QED) is 0.730. The Bertz CT molecular complexity index is 330. The smallest absolute Gasteiger partial charge is 0.154 e. The minimum Gasteiger partial charge on any atom is -0.495 e. The topological polar surface area (TPSA) is 47.3 Å². The average molecular weight is 180 g/mol. The number of aromatic nitrogens is 2. The van der Waals surface area contributed by atoms with Crippen molar-refractivity contribution in [1.29, 1.82) is 0 Å². The Labute approximate surface area is 76.4 Å². The van der Waals surface area contributed by atoms with Crippen molar-refractivity contribution >= 4 is 0 Å². The van der Waals surface area contributed by atoms with Gasteiger partial charge in [-0.1, -0.05) is 0 Å². The van der Waals surface area contributed by atoms with Crippen molar-refractivity contribution in [3.8, 4) is 0 Å². The van der Waals surface area contributed by atoms with Crippen LogP contribution in [0.3, 0.4) is 0 Å². The van der Waals surface area contributed by atoms with Gasteiger partial charge in [0.2, 0.25) is 0 Å². The fourth-order valence-corrected chi connectivity index (χ4v) is 1.35. The van der Waals surface area contributed by atoms with Crippen LogP contribution in [0.4, 0.5) is 0 Å². The van der Waals surface area contributed by atoms with E-state index in [-0.39, 0.29) is 0 Å². The molecule has 1 N–H and O–H groups in total. The highest BCUT2D eigenvalue weighted by molar-refractivity contribution is 5.16. The highest BCUT2D eigenvalue weighted by Crippen LogP contribution is 2.24. The maximum Gasteiger partial charge on any atom is 0.154 e. The molecule has 0 radical (unpaired) electrons. The summed E-state index contributed by atoms with van der Waals surface area (Å²) in [5.41, 5.74) is 0.635. The summed E-state index contributed by atoms with van der Waals surface area (Å²) in [6.45, 7) is 0.666. The van der Waals surface area contributed by atoms with E-state index in [1.54, 1.807) is 16.9 Å². The lowest BCUT2D eigenvalue weighted by Crippen LogP contribution is -2.03. The average Bonchev–Trinajstić information content (AvgIpc) is 2.72. The van der Waals surface area contributed by atoms with E-state index >= 15 is 0 Å². The van der Waals surface area contributed by atoms with E-state index in [0.717, 1.165) is 6.42 Å². The fraction of sp³-hybridized carbons (Fsp3) is 0.444. The molecule has 1 aromatic rings. The first-order valence-electron chi connectivity index (χ1n) is 4.28. The molecule has 1 unspecified atom stereocenters. The molecule has 1 atom stereocenters. The van der Waals surface area contributed by atoms with E-state index < -0.39 is 6.10 Å². The number of ether oxygens (including phenoxy) is 1. The normalized spacial score (nSPS) is 18.2. The summed E-state index contributed by atoms with van der Waals surface area (Å²) in [4.78, 5) is 0. The predicted molar refractivity (Wildman–Crippen MR) is 46.8 cm³/mol. The van der Waals surface area contributed by atoms with Crippen LogP contribution < -0.4 is 0 Å². The molecule has 0 aliphatic carbocycles. The number of aryl methyl sites for hydroxylation is 1. The first kappa shape index (κ1) is 8.31. The van der Waals surface area contributed by atoms with Crippen LogP contribution in [0, 0.1) is 0 Å².